The van der Waals surface area contributed by atoms with Crippen molar-refractivity contribution in [3.63, 3.8) is 0 Å². The molecule has 9 nitrogen and oxygen atoms in total. The number of esters is 1. The zero-order valence-corrected chi connectivity index (χ0v) is 15.7. The topological polar surface area (TPSA) is 111 Å². The Balaban J connectivity index is 1.99. The number of Topliss-reactive ketones (excluding diaryl/α,β-unsaturated/α-hetero) is 1. The van der Waals surface area contributed by atoms with Crippen LogP contribution >= 0.6 is 0 Å². The number of urea groups is 1. The standard InChI is InChI=1S/C18H22N2O7/c1-5-18(2)16(23)20(17(24)19-18)9-15(22)27-10-13(21)12-8-11(25-3)6-7-14(12)26-4/h6-8H,5,9-10H2,1-4H3,(H,19,24)/t18-/m1/s1. The molecule has 0 bridgehead atoms. The van der Waals surface area contributed by atoms with Crippen molar-refractivity contribution in [1.29, 1.82) is 0 Å². The average molecular weight is 378 g/mol. The van der Waals surface area contributed by atoms with E-state index >= 15 is 0 Å². The number of nitrogens with zero attached hydrogens (tertiary/aromatic N) is 1. The summed E-state index contributed by atoms with van der Waals surface area (Å²) >= 11 is 0. The molecule has 0 aromatic heterocycles. The Labute approximate surface area is 156 Å². The number of hydrogen-bond donors (Lipinski definition) is 1. The molecular formula is C18H22N2O7. The Morgan fingerprint density at radius 1 is 1.19 bits per heavy atom. The first-order valence-electron chi connectivity index (χ1n) is 8.30. The number of methoxy groups -OCH3 is 2. The number of imide groups is 1. The molecule has 2 rings (SSSR count). The zero-order valence-electron chi connectivity index (χ0n) is 15.7. The maximum atomic E-state index is 12.3. The van der Waals surface area contributed by atoms with Crippen LogP contribution in [0.1, 0.15) is 30.6 Å². The van der Waals surface area contributed by atoms with E-state index in [9.17, 15) is 19.2 Å². The Morgan fingerprint density at radius 2 is 1.89 bits per heavy atom. The van der Waals surface area contributed by atoms with Crippen LogP contribution in [0, 0.1) is 0 Å². The number of rotatable bonds is 8. The lowest BCUT2D eigenvalue weighted by Crippen LogP contribution is -2.43. The predicted molar refractivity (Wildman–Crippen MR) is 93.8 cm³/mol. The Hall–Kier alpha value is -3.10. The zero-order chi connectivity index (χ0) is 20.2. The van der Waals surface area contributed by atoms with Gasteiger partial charge in [-0.1, -0.05) is 6.92 Å². The van der Waals surface area contributed by atoms with Crippen molar-refractivity contribution >= 4 is 23.7 Å². The van der Waals surface area contributed by atoms with Crippen molar-refractivity contribution in [3.05, 3.63) is 23.8 Å². The summed E-state index contributed by atoms with van der Waals surface area (Å²) in [5, 5.41) is 2.54. The van der Waals surface area contributed by atoms with Gasteiger partial charge in [0.15, 0.2) is 6.61 Å². The summed E-state index contributed by atoms with van der Waals surface area (Å²) in [7, 11) is 2.87. The van der Waals surface area contributed by atoms with Crippen molar-refractivity contribution in [2.45, 2.75) is 25.8 Å². The molecule has 1 heterocycles. The van der Waals surface area contributed by atoms with Gasteiger partial charge in [0.2, 0.25) is 5.78 Å². The number of ketones is 1. The minimum atomic E-state index is -1.04. The smallest absolute Gasteiger partial charge is 0.326 e. The molecule has 1 aromatic carbocycles. The second-order valence-electron chi connectivity index (χ2n) is 6.16. The third-order valence-electron chi connectivity index (χ3n) is 4.41. The van der Waals surface area contributed by atoms with Crippen molar-refractivity contribution in [3.8, 4) is 11.5 Å². The number of carbonyl (C=O) groups is 4. The van der Waals surface area contributed by atoms with E-state index < -0.39 is 42.4 Å². The fourth-order valence-electron chi connectivity index (χ4n) is 2.56. The van der Waals surface area contributed by atoms with E-state index in [1.807, 2.05) is 0 Å². The lowest BCUT2D eigenvalue weighted by molar-refractivity contribution is -0.146. The first-order chi connectivity index (χ1) is 12.8. The fourth-order valence-corrected chi connectivity index (χ4v) is 2.56. The SMILES string of the molecule is CC[C@@]1(C)NC(=O)N(CC(=O)OCC(=O)c2cc(OC)ccc2OC)C1=O. The van der Waals surface area contributed by atoms with Crippen LogP contribution in [-0.4, -0.2) is 61.5 Å². The fraction of sp³-hybridized carbons (Fsp3) is 0.444. The van der Waals surface area contributed by atoms with Crippen LogP contribution in [0.5, 0.6) is 11.5 Å². The van der Waals surface area contributed by atoms with Gasteiger partial charge < -0.3 is 19.5 Å². The first kappa shape index (κ1) is 20.2. The number of hydrogen-bond acceptors (Lipinski definition) is 7. The van der Waals surface area contributed by atoms with Crippen LogP contribution in [0.2, 0.25) is 0 Å². The van der Waals surface area contributed by atoms with E-state index in [1.165, 1.54) is 20.3 Å². The normalized spacial score (nSPS) is 18.9. The molecule has 1 N–H and O–H groups in total. The summed E-state index contributed by atoms with van der Waals surface area (Å²) in [6.45, 7) is 2.21. The maximum absolute atomic E-state index is 12.3. The molecule has 0 saturated carbocycles. The Bertz CT molecular complexity index is 777. The summed E-state index contributed by atoms with van der Waals surface area (Å²) in [6, 6.07) is 4.00. The molecule has 1 fully saturated rings. The van der Waals surface area contributed by atoms with Gasteiger partial charge in [0, 0.05) is 0 Å². The van der Waals surface area contributed by atoms with Crippen LogP contribution < -0.4 is 14.8 Å². The summed E-state index contributed by atoms with van der Waals surface area (Å²) in [6.07, 6.45) is 0.386. The third kappa shape index (κ3) is 4.18. The monoisotopic (exact) mass is 378 g/mol. The summed E-state index contributed by atoms with van der Waals surface area (Å²) in [5.74, 6) is -1.12. The lowest BCUT2D eigenvalue weighted by Gasteiger charge is -2.18. The highest BCUT2D eigenvalue weighted by Gasteiger charge is 2.47. The molecule has 9 heteroatoms. The molecule has 27 heavy (non-hydrogen) atoms. The second-order valence-corrected chi connectivity index (χ2v) is 6.16. The molecule has 1 atom stereocenters. The van der Waals surface area contributed by atoms with Crippen molar-refractivity contribution in [2.24, 2.45) is 0 Å². The van der Waals surface area contributed by atoms with Crippen LogP contribution in [-0.2, 0) is 14.3 Å². The van der Waals surface area contributed by atoms with E-state index in [2.05, 4.69) is 5.32 Å². The number of ether oxygens (including phenoxy) is 3. The first-order valence-corrected chi connectivity index (χ1v) is 8.30. The van der Waals surface area contributed by atoms with E-state index in [4.69, 9.17) is 14.2 Å². The highest BCUT2D eigenvalue weighted by atomic mass is 16.5. The molecule has 0 unspecified atom stereocenters. The van der Waals surface area contributed by atoms with E-state index in [0.717, 1.165) is 4.90 Å². The second kappa shape index (κ2) is 8.07. The van der Waals surface area contributed by atoms with Gasteiger partial charge in [-0.3, -0.25) is 19.3 Å². The third-order valence-corrected chi connectivity index (χ3v) is 4.41. The van der Waals surface area contributed by atoms with Gasteiger partial charge in [-0.25, -0.2) is 4.79 Å². The Morgan fingerprint density at radius 3 is 2.44 bits per heavy atom. The van der Waals surface area contributed by atoms with Gasteiger partial charge in [0.05, 0.1) is 19.8 Å². The van der Waals surface area contributed by atoms with Gasteiger partial charge in [0.25, 0.3) is 5.91 Å². The van der Waals surface area contributed by atoms with Gasteiger partial charge in [0.1, 0.15) is 23.6 Å². The lowest BCUT2D eigenvalue weighted by atomic mass is 9.99. The van der Waals surface area contributed by atoms with E-state index in [-0.39, 0.29) is 5.56 Å². The minimum absolute atomic E-state index is 0.193. The van der Waals surface area contributed by atoms with Crippen molar-refractivity contribution < 1.29 is 33.4 Å². The van der Waals surface area contributed by atoms with Gasteiger partial charge in [-0.05, 0) is 31.5 Å². The molecule has 3 amide bonds. The Kier molecular flexibility index (Phi) is 6.04. The molecule has 0 aliphatic carbocycles. The number of benzene rings is 1. The van der Waals surface area contributed by atoms with E-state index in [0.29, 0.717) is 17.9 Å². The van der Waals surface area contributed by atoms with Gasteiger partial charge >= 0.3 is 12.0 Å². The molecule has 0 spiro atoms. The molecule has 0 radical (unpaired) electrons. The van der Waals surface area contributed by atoms with Crippen LogP contribution in [0.4, 0.5) is 4.79 Å². The van der Waals surface area contributed by atoms with Crippen LogP contribution in [0.15, 0.2) is 18.2 Å². The number of amides is 3. The molecule has 1 aliphatic heterocycles. The van der Waals surface area contributed by atoms with Gasteiger partial charge in [-0.2, -0.15) is 0 Å². The summed E-state index contributed by atoms with van der Waals surface area (Å²) in [5.41, 5.74) is -0.848. The molecule has 1 aliphatic rings. The van der Waals surface area contributed by atoms with Crippen LogP contribution in [0.3, 0.4) is 0 Å². The predicted octanol–water partition coefficient (Wildman–Crippen LogP) is 1.15. The summed E-state index contributed by atoms with van der Waals surface area (Å²) < 4.78 is 15.1. The highest BCUT2D eigenvalue weighted by molar-refractivity contribution is 6.08. The minimum Gasteiger partial charge on any atom is -0.497 e. The van der Waals surface area contributed by atoms with Gasteiger partial charge in [-0.15, -0.1) is 0 Å². The maximum Gasteiger partial charge on any atom is 0.326 e. The van der Waals surface area contributed by atoms with Crippen molar-refractivity contribution in [2.75, 3.05) is 27.4 Å². The highest BCUT2D eigenvalue weighted by Crippen LogP contribution is 2.24. The average Bonchev–Trinajstić information content (AvgIpc) is 2.89. The van der Waals surface area contributed by atoms with Crippen LogP contribution in [0.25, 0.3) is 0 Å². The van der Waals surface area contributed by atoms with Crippen molar-refractivity contribution in [1.82, 2.24) is 10.2 Å². The number of nitrogens with one attached hydrogen (secondary N) is 1. The molecule has 1 saturated heterocycles. The molecule has 1 aromatic rings. The summed E-state index contributed by atoms with van der Waals surface area (Å²) in [4.78, 5) is 49.3. The molecule has 146 valence electrons. The quantitative estimate of drug-likeness (QED) is 0.410. The largest absolute Gasteiger partial charge is 0.497 e. The van der Waals surface area contributed by atoms with E-state index in [1.54, 1.807) is 26.0 Å². The number of carbonyl (C=O) groups excluding carboxylic acids is 4. The molecular weight excluding hydrogens is 356 g/mol.